The second-order valence-electron chi connectivity index (χ2n) is 2.38. The summed E-state index contributed by atoms with van der Waals surface area (Å²) in [6.45, 7) is 0. The van der Waals surface area contributed by atoms with Crippen LogP contribution in [0.5, 0.6) is 0 Å². The van der Waals surface area contributed by atoms with Gasteiger partial charge in [-0.05, 0) is 6.07 Å². The van der Waals surface area contributed by atoms with E-state index in [1.165, 1.54) is 25.4 Å². The van der Waals surface area contributed by atoms with Crippen LogP contribution in [-0.4, -0.2) is 18.1 Å². The van der Waals surface area contributed by atoms with Gasteiger partial charge in [0, 0.05) is 11.8 Å². The van der Waals surface area contributed by atoms with E-state index in [2.05, 4.69) is 9.72 Å². The number of halogens is 2. The first kappa shape index (κ1) is 12.8. The summed E-state index contributed by atoms with van der Waals surface area (Å²) >= 11 is 0. The lowest BCUT2D eigenvalue weighted by Crippen LogP contribution is -2.23. The van der Waals surface area contributed by atoms with Crippen molar-refractivity contribution in [1.29, 1.82) is 0 Å². The fourth-order valence-electron chi connectivity index (χ4n) is 0.884. The Morgan fingerprint density at radius 2 is 2.36 bits per heavy atom. The Labute approximate surface area is 86.7 Å². The van der Waals surface area contributed by atoms with E-state index in [9.17, 15) is 9.18 Å². The molecule has 2 N–H and O–H groups in total. The molecule has 1 atom stereocenters. The van der Waals surface area contributed by atoms with Crippen LogP contribution in [0, 0.1) is 5.95 Å². The summed E-state index contributed by atoms with van der Waals surface area (Å²) in [7, 11) is 1.19. The topological polar surface area (TPSA) is 65.2 Å². The average molecular weight is 221 g/mol. The lowest BCUT2D eigenvalue weighted by molar-refractivity contribution is -0.142. The minimum atomic E-state index is -1.11. The van der Waals surface area contributed by atoms with Gasteiger partial charge in [-0.25, -0.2) is 4.98 Å². The lowest BCUT2D eigenvalue weighted by Gasteiger charge is -2.08. The van der Waals surface area contributed by atoms with Crippen LogP contribution >= 0.6 is 12.4 Å². The van der Waals surface area contributed by atoms with Crippen LogP contribution in [0.1, 0.15) is 11.6 Å². The molecule has 1 heterocycles. The first-order valence-corrected chi connectivity index (χ1v) is 3.60. The maximum atomic E-state index is 12.9. The number of hydrogen-bond donors (Lipinski definition) is 1. The van der Waals surface area contributed by atoms with Crippen LogP contribution in [0.4, 0.5) is 4.39 Å². The molecule has 0 saturated carbocycles. The molecule has 0 bridgehead atoms. The second kappa shape index (κ2) is 5.51. The number of aromatic nitrogens is 1. The van der Waals surface area contributed by atoms with E-state index in [-0.39, 0.29) is 18.0 Å². The number of pyridine rings is 1. The number of nitrogens with two attached hydrogens (primary N) is 1. The van der Waals surface area contributed by atoms with Crippen molar-refractivity contribution >= 4 is 18.4 Å². The highest BCUT2D eigenvalue weighted by Crippen LogP contribution is 2.13. The Hall–Kier alpha value is -1.20. The molecule has 0 aromatic carbocycles. The van der Waals surface area contributed by atoms with E-state index in [1.54, 1.807) is 0 Å². The lowest BCUT2D eigenvalue weighted by atomic mass is 10.1. The van der Waals surface area contributed by atoms with Gasteiger partial charge in [-0.15, -0.1) is 12.4 Å². The minimum Gasteiger partial charge on any atom is -0.468 e. The Bertz CT molecular complexity index is 322. The maximum Gasteiger partial charge on any atom is 0.327 e. The van der Waals surface area contributed by atoms with Gasteiger partial charge in [-0.3, -0.25) is 4.79 Å². The third-order valence-corrected chi connectivity index (χ3v) is 1.58. The van der Waals surface area contributed by atoms with Gasteiger partial charge < -0.3 is 10.5 Å². The summed E-state index contributed by atoms with van der Waals surface area (Å²) in [5.41, 5.74) is 5.43. The van der Waals surface area contributed by atoms with Gasteiger partial charge in [0.05, 0.1) is 7.11 Å². The molecule has 6 heteroatoms. The van der Waals surface area contributed by atoms with Crippen molar-refractivity contribution in [2.45, 2.75) is 6.04 Å². The number of ether oxygens (including phenoxy) is 1. The number of nitrogens with zero attached hydrogens (tertiary/aromatic N) is 1. The van der Waals surface area contributed by atoms with E-state index in [1.807, 2.05) is 0 Å². The van der Waals surface area contributed by atoms with Crippen molar-refractivity contribution in [3.05, 3.63) is 29.8 Å². The Balaban J connectivity index is 0.00000169. The molecule has 0 aliphatic carbocycles. The highest BCUT2D eigenvalue weighted by atomic mass is 35.5. The van der Waals surface area contributed by atoms with Crippen molar-refractivity contribution in [3.8, 4) is 0 Å². The van der Waals surface area contributed by atoms with Crippen molar-refractivity contribution in [2.75, 3.05) is 7.11 Å². The van der Waals surface area contributed by atoms with Crippen LogP contribution in [0.25, 0.3) is 0 Å². The van der Waals surface area contributed by atoms with Gasteiger partial charge >= 0.3 is 5.97 Å². The molecule has 0 unspecified atom stereocenters. The number of carbonyl (C=O) groups is 1. The number of rotatable bonds is 2. The zero-order chi connectivity index (χ0) is 9.84. The smallest absolute Gasteiger partial charge is 0.327 e. The Morgan fingerprint density at radius 3 is 2.86 bits per heavy atom. The first-order valence-electron chi connectivity index (χ1n) is 3.60. The number of methoxy groups -OCH3 is 1. The summed E-state index contributed by atoms with van der Waals surface area (Å²) in [5.74, 6) is -1.44. The maximum absolute atomic E-state index is 12.9. The molecule has 1 rings (SSSR count). The minimum absolute atomic E-state index is 0. The summed E-state index contributed by atoms with van der Waals surface area (Å²) in [6.07, 6.45) is 1.28. The molecular weight excluding hydrogens is 211 g/mol. The molecule has 0 spiro atoms. The molecule has 0 fully saturated rings. The summed E-state index contributed by atoms with van der Waals surface area (Å²) in [5, 5.41) is 0. The monoisotopic (exact) mass is 220 g/mol. The average Bonchev–Trinajstić information content (AvgIpc) is 2.16. The first-order chi connectivity index (χ1) is 6.16. The normalized spacial score (nSPS) is 11.4. The second-order valence-corrected chi connectivity index (χ2v) is 2.38. The van der Waals surface area contributed by atoms with Crippen molar-refractivity contribution in [1.82, 2.24) is 4.98 Å². The van der Waals surface area contributed by atoms with Gasteiger partial charge in [0.15, 0.2) is 0 Å². The van der Waals surface area contributed by atoms with Crippen molar-refractivity contribution in [2.24, 2.45) is 5.73 Å². The van der Waals surface area contributed by atoms with E-state index in [0.29, 0.717) is 0 Å². The number of esters is 1. The zero-order valence-corrected chi connectivity index (χ0v) is 8.25. The summed E-state index contributed by atoms with van der Waals surface area (Å²) in [6, 6.07) is 1.78. The summed E-state index contributed by atoms with van der Waals surface area (Å²) < 4.78 is 17.3. The van der Waals surface area contributed by atoms with E-state index < -0.39 is 18.0 Å². The molecule has 1 aromatic rings. The molecule has 0 saturated heterocycles. The standard InChI is InChI=1S/C8H9FN2O2.ClH/c1-13-8(12)6(10)5-3-2-4-11-7(5)9;/h2-4,6H,10H2,1H3;1H/t6-;/m1./s1. The molecule has 78 valence electrons. The summed E-state index contributed by atoms with van der Waals surface area (Å²) in [4.78, 5) is 14.3. The van der Waals surface area contributed by atoms with Gasteiger partial charge in [0.25, 0.3) is 0 Å². The Kier molecular flexibility index (Phi) is 5.04. The van der Waals surface area contributed by atoms with Crippen LogP contribution in [-0.2, 0) is 9.53 Å². The molecule has 0 radical (unpaired) electrons. The van der Waals surface area contributed by atoms with Crippen LogP contribution in [0.3, 0.4) is 0 Å². The van der Waals surface area contributed by atoms with Crippen LogP contribution < -0.4 is 5.73 Å². The molecule has 14 heavy (non-hydrogen) atoms. The fraction of sp³-hybridized carbons (Fsp3) is 0.250. The van der Waals surface area contributed by atoms with Crippen LogP contribution in [0.2, 0.25) is 0 Å². The molecular formula is C8H10ClFN2O2. The van der Waals surface area contributed by atoms with Gasteiger partial charge in [-0.1, -0.05) is 6.07 Å². The Morgan fingerprint density at radius 1 is 1.71 bits per heavy atom. The van der Waals surface area contributed by atoms with Crippen molar-refractivity contribution in [3.63, 3.8) is 0 Å². The largest absolute Gasteiger partial charge is 0.468 e. The number of carbonyl (C=O) groups excluding carboxylic acids is 1. The highest BCUT2D eigenvalue weighted by Gasteiger charge is 2.19. The molecule has 0 aliphatic rings. The molecule has 1 aromatic heterocycles. The van der Waals surface area contributed by atoms with E-state index in [0.717, 1.165) is 0 Å². The fourth-order valence-corrected chi connectivity index (χ4v) is 0.884. The van der Waals surface area contributed by atoms with Crippen molar-refractivity contribution < 1.29 is 13.9 Å². The van der Waals surface area contributed by atoms with E-state index >= 15 is 0 Å². The molecule has 4 nitrogen and oxygen atoms in total. The van der Waals surface area contributed by atoms with Crippen LogP contribution in [0.15, 0.2) is 18.3 Å². The number of hydrogen-bond acceptors (Lipinski definition) is 4. The molecule has 0 aliphatic heterocycles. The van der Waals surface area contributed by atoms with Gasteiger partial charge in [-0.2, -0.15) is 4.39 Å². The van der Waals surface area contributed by atoms with E-state index in [4.69, 9.17) is 5.73 Å². The third-order valence-electron chi connectivity index (χ3n) is 1.58. The predicted octanol–water partition coefficient (Wildman–Crippen LogP) is 0.815. The third kappa shape index (κ3) is 2.65. The zero-order valence-electron chi connectivity index (χ0n) is 7.44. The molecule has 0 amide bonds. The SMILES string of the molecule is COC(=O)[C@H](N)c1cccnc1F.Cl. The van der Waals surface area contributed by atoms with Gasteiger partial charge in [0.2, 0.25) is 5.95 Å². The van der Waals surface area contributed by atoms with Gasteiger partial charge in [0.1, 0.15) is 6.04 Å². The quantitative estimate of drug-likeness (QED) is 0.592. The highest BCUT2D eigenvalue weighted by molar-refractivity contribution is 5.85. The predicted molar refractivity (Wildman–Crippen MR) is 50.4 cm³/mol.